The first-order valence-corrected chi connectivity index (χ1v) is 7.55. The van der Waals surface area contributed by atoms with E-state index >= 15 is 0 Å². The Hall–Kier alpha value is -2.40. The fourth-order valence-corrected chi connectivity index (χ4v) is 2.10. The predicted octanol–water partition coefficient (Wildman–Crippen LogP) is 3.33. The lowest BCUT2D eigenvalue weighted by Gasteiger charge is -2.11. The van der Waals surface area contributed by atoms with Crippen molar-refractivity contribution < 1.29 is 14.8 Å². The van der Waals surface area contributed by atoms with E-state index in [2.05, 4.69) is 19.2 Å². The van der Waals surface area contributed by atoms with E-state index in [-0.39, 0.29) is 11.7 Å². The Morgan fingerprint density at radius 2 is 1.70 bits per heavy atom. The highest BCUT2D eigenvalue weighted by atomic mass is 16.5. The minimum absolute atomic E-state index is 0.0143. The van der Waals surface area contributed by atoms with E-state index < -0.39 is 5.91 Å². The lowest BCUT2D eigenvalue weighted by atomic mass is 9.97. The Bertz CT molecular complexity index is 601. The Kier molecular flexibility index (Phi) is 7.22. The normalized spacial score (nSPS) is 13.2. The quantitative estimate of drug-likeness (QED) is 0.237. The van der Waals surface area contributed by atoms with E-state index in [1.54, 1.807) is 19.1 Å². The molecule has 1 amide bonds. The number of amides is 1. The summed E-state index contributed by atoms with van der Waals surface area (Å²) in [6.07, 6.45) is 4.53. The van der Waals surface area contributed by atoms with Crippen molar-refractivity contribution in [3.05, 3.63) is 53.6 Å². The van der Waals surface area contributed by atoms with E-state index in [1.807, 2.05) is 31.2 Å². The van der Waals surface area contributed by atoms with Crippen molar-refractivity contribution in [3.8, 4) is 0 Å². The van der Waals surface area contributed by atoms with Gasteiger partial charge in [-0.1, -0.05) is 24.6 Å². The van der Waals surface area contributed by atoms with Gasteiger partial charge in [0.05, 0.1) is 0 Å². The average Bonchev–Trinajstić information content (AvgIpc) is 2.52. The van der Waals surface area contributed by atoms with Gasteiger partial charge in [-0.3, -0.25) is 14.8 Å². The number of allylic oxidation sites excluding steroid dienone is 3. The predicted molar refractivity (Wildman–Crippen MR) is 91.5 cm³/mol. The molecule has 1 aromatic rings. The molecule has 0 bridgehead atoms. The van der Waals surface area contributed by atoms with Gasteiger partial charge in [0.25, 0.3) is 5.91 Å². The minimum Gasteiger partial charge on any atom is -0.383 e. The van der Waals surface area contributed by atoms with Crippen molar-refractivity contribution in [3.63, 3.8) is 0 Å². The summed E-state index contributed by atoms with van der Waals surface area (Å²) in [5.41, 5.74) is 3.91. The molecule has 1 atom stereocenters. The molecule has 0 aliphatic carbocycles. The van der Waals surface area contributed by atoms with Gasteiger partial charge in [-0.15, -0.1) is 0 Å². The van der Waals surface area contributed by atoms with Crippen molar-refractivity contribution in [1.82, 2.24) is 5.48 Å². The van der Waals surface area contributed by atoms with E-state index in [0.29, 0.717) is 11.6 Å². The van der Waals surface area contributed by atoms with E-state index in [0.717, 1.165) is 11.3 Å². The number of nitrogens with one attached hydrogen (secondary N) is 2. The summed E-state index contributed by atoms with van der Waals surface area (Å²) < 4.78 is 0. The number of rotatable bonds is 7. The summed E-state index contributed by atoms with van der Waals surface area (Å²) in [5, 5.41) is 11.7. The zero-order valence-corrected chi connectivity index (χ0v) is 14.0. The number of carbonyl (C=O) groups is 2. The van der Waals surface area contributed by atoms with Gasteiger partial charge in [0.15, 0.2) is 5.78 Å². The molecule has 0 heterocycles. The molecule has 0 saturated heterocycles. The maximum atomic E-state index is 12.4. The zero-order chi connectivity index (χ0) is 17.4. The Balaban J connectivity index is 2.76. The van der Waals surface area contributed by atoms with Crippen molar-refractivity contribution in [2.24, 2.45) is 5.92 Å². The molecule has 0 aliphatic heterocycles. The summed E-state index contributed by atoms with van der Waals surface area (Å²) >= 11 is 0. The van der Waals surface area contributed by atoms with Crippen LogP contribution in [0.2, 0.25) is 0 Å². The molecule has 0 fully saturated rings. The number of benzene rings is 1. The molecule has 1 unspecified atom stereocenters. The first-order chi connectivity index (χ1) is 10.8. The summed E-state index contributed by atoms with van der Waals surface area (Å²) in [4.78, 5) is 23.3. The van der Waals surface area contributed by atoms with Gasteiger partial charge in [-0.2, -0.15) is 0 Å². The van der Waals surface area contributed by atoms with Gasteiger partial charge < -0.3 is 5.32 Å². The largest absolute Gasteiger partial charge is 0.383 e. The molecule has 124 valence electrons. The number of carbonyl (C=O) groups excluding carboxylic acids is 2. The number of hydroxylamine groups is 1. The molecule has 0 aliphatic rings. The first kappa shape index (κ1) is 18.6. The average molecular weight is 316 g/mol. The molecule has 5 heteroatoms. The SMILES string of the molecule is CC(C=CC(=O)NO)=CC(C)C(=O)c1ccc(NC(C)C)cc1. The molecule has 0 radical (unpaired) electrons. The third kappa shape index (κ3) is 6.48. The van der Waals surface area contributed by atoms with Crippen LogP contribution in [0.3, 0.4) is 0 Å². The molecular weight excluding hydrogens is 292 g/mol. The van der Waals surface area contributed by atoms with Crippen molar-refractivity contribution in [2.45, 2.75) is 33.7 Å². The summed E-state index contributed by atoms with van der Waals surface area (Å²) in [5.74, 6) is -0.897. The molecule has 1 aromatic carbocycles. The minimum atomic E-state index is -0.607. The second kappa shape index (κ2) is 8.90. The van der Waals surface area contributed by atoms with E-state index in [1.165, 1.54) is 11.6 Å². The van der Waals surface area contributed by atoms with E-state index in [4.69, 9.17) is 5.21 Å². The maximum absolute atomic E-state index is 12.4. The summed E-state index contributed by atoms with van der Waals surface area (Å²) in [6.45, 7) is 7.71. The molecule has 0 aromatic heterocycles. The molecule has 23 heavy (non-hydrogen) atoms. The lowest BCUT2D eigenvalue weighted by molar-refractivity contribution is -0.124. The molecule has 0 spiro atoms. The zero-order valence-electron chi connectivity index (χ0n) is 14.0. The van der Waals surface area contributed by atoms with Crippen LogP contribution in [-0.4, -0.2) is 22.9 Å². The van der Waals surface area contributed by atoms with Crippen LogP contribution in [0.4, 0.5) is 5.69 Å². The number of anilines is 1. The van der Waals surface area contributed by atoms with Crippen LogP contribution in [0.15, 0.2) is 48.1 Å². The fourth-order valence-electron chi connectivity index (χ4n) is 2.10. The van der Waals surface area contributed by atoms with Crippen LogP contribution < -0.4 is 10.8 Å². The smallest absolute Gasteiger partial charge is 0.267 e. The van der Waals surface area contributed by atoms with Gasteiger partial charge in [-0.25, -0.2) is 5.48 Å². The van der Waals surface area contributed by atoms with Crippen molar-refractivity contribution in [1.29, 1.82) is 0 Å². The molecule has 0 saturated carbocycles. The monoisotopic (exact) mass is 316 g/mol. The van der Waals surface area contributed by atoms with Crippen LogP contribution in [0.25, 0.3) is 0 Å². The number of hydrogen-bond donors (Lipinski definition) is 3. The Morgan fingerprint density at radius 3 is 2.22 bits per heavy atom. The number of hydrogen-bond acceptors (Lipinski definition) is 4. The van der Waals surface area contributed by atoms with Crippen LogP contribution in [0, 0.1) is 5.92 Å². The Labute approximate surface area is 137 Å². The second-order valence-corrected chi connectivity index (χ2v) is 5.75. The first-order valence-electron chi connectivity index (χ1n) is 7.55. The van der Waals surface area contributed by atoms with Crippen LogP contribution in [-0.2, 0) is 4.79 Å². The maximum Gasteiger partial charge on any atom is 0.267 e. The molecule has 3 N–H and O–H groups in total. The van der Waals surface area contributed by atoms with Crippen molar-refractivity contribution in [2.75, 3.05) is 5.32 Å². The van der Waals surface area contributed by atoms with Gasteiger partial charge in [0.2, 0.25) is 0 Å². The number of Topliss-reactive ketones (excluding diaryl/α,β-unsaturated/α-hetero) is 1. The van der Waals surface area contributed by atoms with Crippen LogP contribution in [0.1, 0.15) is 38.1 Å². The third-order valence-electron chi connectivity index (χ3n) is 3.16. The van der Waals surface area contributed by atoms with Gasteiger partial charge >= 0.3 is 0 Å². The summed E-state index contributed by atoms with van der Waals surface area (Å²) in [7, 11) is 0. The van der Waals surface area contributed by atoms with Gasteiger partial charge in [0, 0.05) is 29.3 Å². The lowest BCUT2D eigenvalue weighted by Crippen LogP contribution is -2.15. The highest BCUT2D eigenvalue weighted by molar-refractivity contribution is 5.99. The molecule has 1 rings (SSSR count). The second-order valence-electron chi connectivity index (χ2n) is 5.75. The van der Waals surface area contributed by atoms with Crippen molar-refractivity contribution >= 4 is 17.4 Å². The van der Waals surface area contributed by atoms with Gasteiger partial charge in [-0.05, 0) is 45.0 Å². The van der Waals surface area contributed by atoms with Crippen LogP contribution in [0.5, 0.6) is 0 Å². The molecule has 5 nitrogen and oxygen atoms in total. The number of ketones is 1. The standard InChI is InChI=1S/C18H24N2O3/c1-12(2)19-16-8-6-15(7-9-16)18(22)14(4)11-13(3)5-10-17(21)20-23/h5-12,14,19,23H,1-4H3,(H,20,21). The van der Waals surface area contributed by atoms with Crippen LogP contribution >= 0.6 is 0 Å². The third-order valence-corrected chi connectivity index (χ3v) is 3.16. The topological polar surface area (TPSA) is 78.4 Å². The Morgan fingerprint density at radius 1 is 1.09 bits per heavy atom. The molecular formula is C18H24N2O3. The van der Waals surface area contributed by atoms with Gasteiger partial charge in [0.1, 0.15) is 0 Å². The fraction of sp³-hybridized carbons (Fsp3) is 0.333. The highest BCUT2D eigenvalue weighted by Crippen LogP contribution is 2.16. The summed E-state index contributed by atoms with van der Waals surface area (Å²) in [6, 6.07) is 7.73. The van der Waals surface area contributed by atoms with E-state index in [9.17, 15) is 9.59 Å². The highest BCUT2D eigenvalue weighted by Gasteiger charge is 2.13.